The summed E-state index contributed by atoms with van der Waals surface area (Å²) >= 11 is 0. The van der Waals surface area contributed by atoms with Gasteiger partial charge in [-0.2, -0.15) is 5.10 Å². The number of aryl methyl sites for hydroxylation is 3. The van der Waals surface area contributed by atoms with Gasteiger partial charge in [-0.3, -0.25) is 4.79 Å². The van der Waals surface area contributed by atoms with Crippen LogP contribution in [0.5, 0.6) is 0 Å². The summed E-state index contributed by atoms with van der Waals surface area (Å²) in [7, 11) is 1.99. The summed E-state index contributed by atoms with van der Waals surface area (Å²) in [6.07, 6.45) is 3.38. The molecule has 1 aromatic carbocycles. The van der Waals surface area contributed by atoms with Gasteiger partial charge >= 0.3 is 0 Å². The first-order chi connectivity index (χ1) is 15.0. The summed E-state index contributed by atoms with van der Waals surface area (Å²) in [5, 5.41) is 4.87. The SMILES string of the molecule is Cc1ccc(C)c(-n2nc(-c3cccn3C)cc2C(=O)N2CCC3(CC2)OCCO3)c1. The lowest BCUT2D eigenvalue weighted by Gasteiger charge is -2.37. The highest BCUT2D eigenvalue weighted by Gasteiger charge is 2.41. The van der Waals surface area contributed by atoms with Crippen LogP contribution in [0.3, 0.4) is 0 Å². The molecule has 2 saturated heterocycles. The number of amides is 1. The number of likely N-dealkylation sites (tertiary alicyclic amines) is 1. The number of rotatable bonds is 3. The molecule has 0 saturated carbocycles. The summed E-state index contributed by atoms with van der Waals surface area (Å²) < 4.78 is 15.5. The molecule has 0 radical (unpaired) electrons. The first-order valence-corrected chi connectivity index (χ1v) is 10.8. The van der Waals surface area contributed by atoms with Crippen molar-refractivity contribution in [2.75, 3.05) is 26.3 Å². The number of piperidine rings is 1. The molecule has 1 amide bonds. The van der Waals surface area contributed by atoms with Crippen LogP contribution in [0.2, 0.25) is 0 Å². The largest absolute Gasteiger partial charge is 0.349 e. The van der Waals surface area contributed by atoms with Crippen molar-refractivity contribution in [2.24, 2.45) is 7.05 Å². The molecule has 0 atom stereocenters. The van der Waals surface area contributed by atoms with E-state index in [1.165, 1.54) is 0 Å². The Morgan fingerprint density at radius 3 is 2.48 bits per heavy atom. The van der Waals surface area contributed by atoms with Crippen LogP contribution in [-0.4, -0.2) is 57.2 Å². The van der Waals surface area contributed by atoms with Crippen LogP contribution in [0.4, 0.5) is 0 Å². The molecule has 31 heavy (non-hydrogen) atoms. The van der Waals surface area contributed by atoms with Crippen LogP contribution in [0.15, 0.2) is 42.6 Å². The lowest BCUT2D eigenvalue weighted by atomic mass is 10.0. The Labute approximate surface area is 182 Å². The maximum atomic E-state index is 13.6. The van der Waals surface area contributed by atoms with Gasteiger partial charge < -0.3 is 18.9 Å². The molecular weight excluding hydrogens is 392 g/mol. The van der Waals surface area contributed by atoms with Crippen LogP contribution < -0.4 is 0 Å². The van der Waals surface area contributed by atoms with Gasteiger partial charge in [-0.25, -0.2) is 4.68 Å². The maximum absolute atomic E-state index is 13.6. The second-order valence-corrected chi connectivity index (χ2v) is 8.52. The average molecular weight is 421 g/mol. The molecule has 2 aliphatic heterocycles. The summed E-state index contributed by atoms with van der Waals surface area (Å²) in [6, 6.07) is 12.1. The fourth-order valence-corrected chi connectivity index (χ4v) is 4.52. The topological polar surface area (TPSA) is 61.5 Å². The van der Waals surface area contributed by atoms with Gasteiger partial charge in [-0.05, 0) is 49.2 Å². The fraction of sp³-hybridized carbons (Fsp3) is 0.417. The van der Waals surface area contributed by atoms with Gasteiger partial charge in [-0.15, -0.1) is 0 Å². The van der Waals surface area contributed by atoms with Gasteiger partial charge in [0.25, 0.3) is 5.91 Å². The lowest BCUT2D eigenvalue weighted by Crippen LogP contribution is -2.47. The molecule has 0 aliphatic carbocycles. The van der Waals surface area contributed by atoms with Gasteiger partial charge in [0.1, 0.15) is 11.4 Å². The molecule has 0 unspecified atom stereocenters. The van der Waals surface area contributed by atoms with Crippen molar-refractivity contribution in [2.45, 2.75) is 32.5 Å². The van der Waals surface area contributed by atoms with Crippen molar-refractivity contribution in [1.29, 1.82) is 0 Å². The quantitative estimate of drug-likeness (QED) is 0.651. The normalized spacial score (nSPS) is 18.1. The van der Waals surface area contributed by atoms with Crippen LogP contribution in [0.1, 0.15) is 34.5 Å². The van der Waals surface area contributed by atoms with E-state index in [-0.39, 0.29) is 5.91 Å². The Morgan fingerprint density at radius 1 is 1.06 bits per heavy atom. The second kappa shape index (κ2) is 7.66. The predicted octanol–water partition coefficient (Wildman–Crippen LogP) is 3.47. The third-order valence-corrected chi connectivity index (χ3v) is 6.35. The third-order valence-electron chi connectivity index (χ3n) is 6.35. The summed E-state index contributed by atoms with van der Waals surface area (Å²) in [6.45, 7) is 6.58. The van der Waals surface area contributed by atoms with E-state index in [4.69, 9.17) is 14.6 Å². The van der Waals surface area contributed by atoms with Gasteiger partial charge in [0, 0.05) is 39.2 Å². The van der Waals surface area contributed by atoms with Gasteiger partial charge in [0.05, 0.1) is 24.6 Å². The number of hydrogen-bond acceptors (Lipinski definition) is 4. The smallest absolute Gasteiger partial charge is 0.272 e. The molecular formula is C24H28N4O3. The molecule has 162 valence electrons. The van der Waals surface area contributed by atoms with Crippen molar-refractivity contribution in [3.8, 4) is 17.1 Å². The number of hydrogen-bond donors (Lipinski definition) is 0. The van der Waals surface area contributed by atoms with Crippen LogP contribution in [0, 0.1) is 13.8 Å². The minimum absolute atomic E-state index is 0.0123. The van der Waals surface area contributed by atoms with E-state index in [1.54, 1.807) is 4.68 Å². The molecule has 0 N–H and O–H groups in total. The second-order valence-electron chi connectivity index (χ2n) is 8.52. The monoisotopic (exact) mass is 420 g/mol. The van der Waals surface area contributed by atoms with E-state index < -0.39 is 5.79 Å². The molecule has 2 fully saturated rings. The minimum atomic E-state index is -0.502. The Morgan fingerprint density at radius 2 is 1.81 bits per heavy atom. The van der Waals surface area contributed by atoms with E-state index in [1.807, 2.05) is 47.8 Å². The molecule has 2 aliphatic rings. The van der Waals surface area contributed by atoms with E-state index in [9.17, 15) is 4.79 Å². The number of carbonyl (C=O) groups excluding carboxylic acids is 1. The van der Waals surface area contributed by atoms with Crippen molar-refractivity contribution in [3.05, 3.63) is 59.4 Å². The molecule has 7 nitrogen and oxygen atoms in total. The Balaban J connectivity index is 1.52. The van der Waals surface area contributed by atoms with Gasteiger partial charge in [0.2, 0.25) is 0 Å². The standard InChI is InChI=1S/C24H28N4O3/c1-17-6-7-18(2)21(15-17)28-22(16-19(25-28)20-5-4-10-26(20)3)23(29)27-11-8-24(9-12-27)30-13-14-31-24/h4-7,10,15-16H,8-9,11-14H2,1-3H3. The molecule has 2 aromatic heterocycles. The molecule has 7 heteroatoms. The maximum Gasteiger partial charge on any atom is 0.272 e. The molecule has 5 rings (SSSR count). The van der Waals surface area contributed by atoms with E-state index >= 15 is 0 Å². The molecule has 0 bridgehead atoms. The van der Waals surface area contributed by atoms with Gasteiger partial charge in [0.15, 0.2) is 5.79 Å². The van der Waals surface area contributed by atoms with E-state index in [2.05, 4.69) is 25.1 Å². The van der Waals surface area contributed by atoms with Crippen molar-refractivity contribution in [1.82, 2.24) is 19.2 Å². The number of ether oxygens (including phenoxy) is 2. The highest BCUT2D eigenvalue weighted by atomic mass is 16.7. The summed E-state index contributed by atoms with van der Waals surface area (Å²) in [5.74, 6) is -0.514. The average Bonchev–Trinajstić information content (AvgIpc) is 3.50. The summed E-state index contributed by atoms with van der Waals surface area (Å²) in [4.78, 5) is 15.5. The molecule has 4 heterocycles. The highest BCUT2D eigenvalue weighted by Crippen LogP contribution is 2.32. The number of carbonyl (C=O) groups is 1. The first-order valence-electron chi connectivity index (χ1n) is 10.8. The van der Waals surface area contributed by atoms with Crippen LogP contribution in [-0.2, 0) is 16.5 Å². The molecule has 3 aromatic rings. The Hall–Kier alpha value is -2.90. The number of benzene rings is 1. The van der Waals surface area contributed by atoms with Crippen molar-refractivity contribution >= 4 is 5.91 Å². The van der Waals surface area contributed by atoms with Crippen molar-refractivity contribution < 1.29 is 14.3 Å². The summed E-state index contributed by atoms with van der Waals surface area (Å²) in [5.41, 5.74) is 5.47. The van der Waals surface area contributed by atoms with Crippen LogP contribution in [0.25, 0.3) is 17.1 Å². The zero-order chi connectivity index (χ0) is 21.6. The predicted molar refractivity (Wildman–Crippen MR) is 117 cm³/mol. The fourth-order valence-electron chi connectivity index (χ4n) is 4.52. The van der Waals surface area contributed by atoms with Crippen molar-refractivity contribution in [3.63, 3.8) is 0 Å². The number of aromatic nitrogens is 3. The third kappa shape index (κ3) is 3.58. The van der Waals surface area contributed by atoms with E-state index in [0.29, 0.717) is 44.8 Å². The Kier molecular flexibility index (Phi) is 4.95. The Bertz CT molecular complexity index is 1110. The number of nitrogens with zero attached hydrogens (tertiary/aromatic N) is 4. The van der Waals surface area contributed by atoms with E-state index in [0.717, 1.165) is 28.2 Å². The highest BCUT2D eigenvalue weighted by molar-refractivity contribution is 5.94. The minimum Gasteiger partial charge on any atom is -0.349 e. The zero-order valence-corrected chi connectivity index (χ0v) is 18.3. The van der Waals surface area contributed by atoms with Crippen LogP contribution >= 0.6 is 0 Å². The first kappa shape index (κ1) is 20.0. The zero-order valence-electron chi connectivity index (χ0n) is 18.3. The molecule has 1 spiro atoms. The lowest BCUT2D eigenvalue weighted by molar-refractivity contribution is -0.181. The van der Waals surface area contributed by atoms with Gasteiger partial charge in [-0.1, -0.05) is 12.1 Å².